The van der Waals surface area contributed by atoms with Crippen LogP contribution in [0.1, 0.15) is 50.0 Å². The van der Waals surface area contributed by atoms with Crippen molar-refractivity contribution in [2.45, 2.75) is 56.6 Å². The maximum absolute atomic E-state index is 13.2. The maximum Gasteiger partial charge on any atom is 0.132 e. The molecule has 5 nitrogen and oxygen atoms in total. The molecular weight excluding hydrogens is 367 g/mol. The number of nitrogens with one attached hydrogen (secondary N) is 2. The van der Waals surface area contributed by atoms with Gasteiger partial charge in [-0.15, -0.1) is 0 Å². The number of aliphatic hydroxyl groups excluding tert-OH is 1. The number of rotatable bonds is 5. The smallest absolute Gasteiger partial charge is 0.132 e. The van der Waals surface area contributed by atoms with E-state index in [9.17, 15) is 9.50 Å². The molecule has 0 spiro atoms. The Morgan fingerprint density at radius 1 is 1.03 bits per heavy atom. The molecule has 29 heavy (non-hydrogen) atoms. The van der Waals surface area contributed by atoms with E-state index in [1.807, 2.05) is 6.20 Å². The summed E-state index contributed by atoms with van der Waals surface area (Å²) in [5, 5.41) is 16.9. The molecule has 0 radical (unpaired) electrons. The van der Waals surface area contributed by atoms with E-state index in [0.29, 0.717) is 12.0 Å². The van der Waals surface area contributed by atoms with Gasteiger partial charge in [-0.25, -0.2) is 9.37 Å². The van der Waals surface area contributed by atoms with Gasteiger partial charge in [0.15, 0.2) is 0 Å². The number of aromatic nitrogens is 1. The van der Waals surface area contributed by atoms with Crippen LogP contribution in [0.2, 0.25) is 0 Å². The highest BCUT2D eigenvalue weighted by molar-refractivity contribution is 5.64. The van der Waals surface area contributed by atoms with Gasteiger partial charge in [0.05, 0.1) is 6.10 Å². The van der Waals surface area contributed by atoms with Gasteiger partial charge in [-0.3, -0.25) is 0 Å². The molecule has 1 aromatic heterocycles. The SMILES string of the molecule is CN1CCC(c2cnc(Nc3ccc(F)cc3)cc2NC2CCC(O)CC2)CC1. The van der Waals surface area contributed by atoms with Crippen LogP contribution < -0.4 is 10.6 Å². The molecule has 2 heterocycles. The third-order valence-corrected chi connectivity index (χ3v) is 6.27. The Labute approximate surface area is 172 Å². The van der Waals surface area contributed by atoms with Crippen LogP contribution in [0.3, 0.4) is 0 Å². The molecule has 1 aliphatic heterocycles. The predicted molar refractivity (Wildman–Crippen MR) is 115 cm³/mol. The number of piperidine rings is 1. The molecule has 1 aromatic carbocycles. The molecule has 0 bridgehead atoms. The summed E-state index contributed by atoms with van der Waals surface area (Å²) in [6.07, 6.45) is 7.80. The average Bonchev–Trinajstić information content (AvgIpc) is 2.73. The van der Waals surface area contributed by atoms with E-state index in [-0.39, 0.29) is 11.9 Å². The molecule has 1 aliphatic carbocycles. The lowest BCUT2D eigenvalue weighted by atomic mass is 9.88. The summed E-state index contributed by atoms with van der Waals surface area (Å²) in [5.74, 6) is 1.02. The summed E-state index contributed by atoms with van der Waals surface area (Å²) in [5.41, 5.74) is 3.24. The average molecular weight is 399 g/mol. The van der Waals surface area contributed by atoms with E-state index in [0.717, 1.165) is 68.8 Å². The lowest BCUT2D eigenvalue weighted by Crippen LogP contribution is -2.31. The molecule has 156 valence electrons. The summed E-state index contributed by atoms with van der Waals surface area (Å²) in [6.45, 7) is 2.21. The first-order valence-corrected chi connectivity index (χ1v) is 10.7. The molecule has 3 N–H and O–H groups in total. The van der Waals surface area contributed by atoms with Crippen molar-refractivity contribution >= 4 is 17.2 Å². The largest absolute Gasteiger partial charge is 0.393 e. The van der Waals surface area contributed by atoms with Gasteiger partial charge in [0.1, 0.15) is 11.6 Å². The van der Waals surface area contributed by atoms with Crippen molar-refractivity contribution < 1.29 is 9.50 Å². The van der Waals surface area contributed by atoms with Gasteiger partial charge < -0.3 is 20.6 Å². The summed E-state index contributed by atoms with van der Waals surface area (Å²) < 4.78 is 13.2. The van der Waals surface area contributed by atoms with Gasteiger partial charge >= 0.3 is 0 Å². The standard InChI is InChI=1S/C23H31FN4O/c1-28-12-10-16(11-13-28)21-15-25-23(27-19-4-2-17(24)3-5-19)14-22(21)26-18-6-8-20(29)9-7-18/h2-5,14-16,18,20,29H,6-13H2,1H3,(H2,25,26,27). The zero-order valence-electron chi connectivity index (χ0n) is 17.1. The van der Waals surface area contributed by atoms with Crippen LogP contribution in [0.5, 0.6) is 0 Å². The molecule has 1 saturated heterocycles. The van der Waals surface area contributed by atoms with Gasteiger partial charge in [0.25, 0.3) is 0 Å². The zero-order chi connectivity index (χ0) is 20.2. The van der Waals surface area contributed by atoms with Gasteiger partial charge in [0, 0.05) is 29.7 Å². The van der Waals surface area contributed by atoms with Crippen molar-refractivity contribution in [3.8, 4) is 0 Å². The lowest BCUT2D eigenvalue weighted by molar-refractivity contribution is 0.126. The first kappa shape index (κ1) is 20.1. The number of pyridine rings is 1. The van der Waals surface area contributed by atoms with Crippen LogP contribution in [-0.2, 0) is 0 Å². The van der Waals surface area contributed by atoms with E-state index in [1.165, 1.54) is 17.7 Å². The number of anilines is 3. The monoisotopic (exact) mass is 398 g/mol. The first-order valence-electron chi connectivity index (χ1n) is 10.7. The van der Waals surface area contributed by atoms with Crippen molar-refractivity contribution in [3.05, 3.63) is 47.9 Å². The summed E-state index contributed by atoms with van der Waals surface area (Å²) in [6, 6.07) is 8.80. The molecular formula is C23H31FN4O. The quantitative estimate of drug-likeness (QED) is 0.693. The third kappa shape index (κ3) is 5.25. The highest BCUT2D eigenvalue weighted by atomic mass is 19.1. The summed E-state index contributed by atoms with van der Waals surface area (Å²) >= 11 is 0. The number of hydrogen-bond donors (Lipinski definition) is 3. The molecule has 2 aromatic rings. The number of nitrogens with zero attached hydrogens (tertiary/aromatic N) is 2. The fourth-order valence-corrected chi connectivity index (χ4v) is 4.43. The number of halogens is 1. The van der Waals surface area contributed by atoms with Crippen molar-refractivity contribution in [2.24, 2.45) is 0 Å². The summed E-state index contributed by atoms with van der Waals surface area (Å²) in [7, 11) is 2.18. The zero-order valence-corrected chi connectivity index (χ0v) is 17.1. The Hall–Kier alpha value is -2.18. The Morgan fingerprint density at radius 3 is 2.41 bits per heavy atom. The van der Waals surface area contributed by atoms with Crippen LogP contribution in [0.25, 0.3) is 0 Å². The van der Waals surface area contributed by atoms with Gasteiger partial charge in [-0.1, -0.05) is 0 Å². The second-order valence-corrected chi connectivity index (χ2v) is 8.52. The van der Waals surface area contributed by atoms with Gasteiger partial charge in [-0.2, -0.15) is 0 Å². The normalized spacial score (nSPS) is 23.7. The minimum absolute atomic E-state index is 0.158. The molecule has 4 rings (SSSR count). The van der Waals surface area contributed by atoms with Crippen LogP contribution in [-0.4, -0.2) is 47.3 Å². The van der Waals surface area contributed by atoms with Gasteiger partial charge in [-0.05, 0) is 94.4 Å². The van der Waals surface area contributed by atoms with E-state index in [1.54, 1.807) is 12.1 Å². The topological polar surface area (TPSA) is 60.4 Å². The second-order valence-electron chi connectivity index (χ2n) is 8.52. The molecule has 0 unspecified atom stereocenters. The van der Waals surface area contributed by atoms with Crippen molar-refractivity contribution in [2.75, 3.05) is 30.8 Å². The van der Waals surface area contributed by atoms with Crippen molar-refractivity contribution in [1.82, 2.24) is 9.88 Å². The number of likely N-dealkylation sites (tertiary alicyclic amines) is 1. The molecule has 0 atom stereocenters. The Balaban J connectivity index is 1.55. The number of benzene rings is 1. The molecule has 0 amide bonds. The molecule has 6 heteroatoms. The van der Waals surface area contributed by atoms with Crippen LogP contribution in [0, 0.1) is 5.82 Å². The second kappa shape index (κ2) is 9.09. The molecule has 1 saturated carbocycles. The molecule has 2 fully saturated rings. The minimum atomic E-state index is -0.247. The fourth-order valence-electron chi connectivity index (χ4n) is 4.43. The van der Waals surface area contributed by atoms with Crippen molar-refractivity contribution in [3.63, 3.8) is 0 Å². The Bertz CT molecular complexity index is 797. The Kier molecular flexibility index (Phi) is 6.31. The number of aliphatic hydroxyl groups is 1. The highest BCUT2D eigenvalue weighted by Gasteiger charge is 2.24. The van der Waals surface area contributed by atoms with Crippen molar-refractivity contribution in [1.29, 1.82) is 0 Å². The predicted octanol–water partition coefficient (Wildman–Crippen LogP) is 4.49. The number of hydrogen-bond acceptors (Lipinski definition) is 5. The van der Waals surface area contributed by atoms with E-state index < -0.39 is 0 Å². The van der Waals surface area contributed by atoms with Crippen LogP contribution in [0.4, 0.5) is 21.6 Å². The van der Waals surface area contributed by atoms with Crippen LogP contribution >= 0.6 is 0 Å². The maximum atomic E-state index is 13.2. The fraction of sp³-hybridized carbons (Fsp3) is 0.522. The van der Waals surface area contributed by atoms with Gasteiger partial charge in [0.2, 0.25) is 0 Å². The first-order chi connectivity index (χ1) is 14.1. The van der Waals surface area contributed by atoms with E-state index in [2.05, 4.69) is 33.6 Å². The molecule has 2 aliphatic rings. The van der Waals surface area contributed by atoms with Crippen LogP contribution in [0.15, 0.2) is 36.5 Å². The minimum Gasteiger partial charge on any atom is -0.393 e. The van der Waals surface area contributed by atoms with E-state index >= 15 is 0 Å². The Morgan fingerprint density at radius 2 is 1.72 bits per heavy atom. The summed E-state index contributed by atoms with van der Waals surface area (Å²) in [4.78, 5) is 7.04. The lowest BCUT2D eigenvalue weighted by Gasteiger charge is -2.32. The third-order valence-electron chi connectivity index (χ3n) is 6.27. The highest BCUT2D eigenvalue weighted by Crippen LogP contribution is 2.35. The van der Waals surface area contributed by atoms with E-state index in [4.69, 9.17) is 0 Å².